The molecular formula is C83H66F21N5. The van der Waals surface area contributed by atoms with Gasteiger partial charge in [0.2, 0.25) is 0 Å². The van der Waals surface area contributed by atoms with Crippen LogP contribution in [0, 0.1) is 31.3 Å². The predicted octanol–water partition coefficient (Wildman–Crippen LogP) is 26.8. The topological polar surface area (TPSA) is 64.5 Å². The highest BCUT2D eigenvalue weighted by Crippen LogP contribution is 2.42. The molecule has 26 heteroatoms. The third-order valence-corrected chi connectivity index (χ3v) is 15.7. The van der Waals surface area contributed by atoms with E-state index in [0.717, 1.165) is 69.4 Å². The number of aromatic nitrogens is 5. The Hall–Kier alpha value is -11.2. The molecule has 12 rings (SSSR count). The van der Waals surface area contributed by atoms with E-state index in [1.54, 1.807) is 92.2 Å². The Balaban J connectivity index is 0.000000183. The molecular weight excluding hydrogens is 1470 g/mol. The minimum atomic E-state index is -4.88. The molecule has 0 saturated heterocycles. The van der Waals surface area contributed by atoms with Crippen molar-refractivity contribution in [3.8, 4) is 67.4 Å². The number of hydrogen-bond donors (Lipinski definition) is 0. The number of benzene rings is 7. The van der Waals surface area contributed by atoms with Crippen molar-refractivity contribution in [1.29, 1.82) is 0 Å². The number of rotatable bonds is 6. The molecule has 0 bridgehead atoms. The van der Waals surface area contributed by atoms with Gasteiger partial charge in [-0.15, -0.1) is 0 Å². The van der Waals surface area contributed by atoms with E-state index in [4.69, 9.17) is 0 Å². The number of nitrogens with zero attached hydrogens (tertiary/aromatic N) is 5. The molecule has 0 saturated carbocycles. The molecule has 570 valence electrons. The molecule has 0 aliphatic carbocycles. The van der Waals surface area contributed by atoms with Gasteiger partial charge in [0, 0.05) is 64.9 Å². The van der Waals surface area contributed by atoms with Crippen LogP contribution in [0.2, 0.25) is 0 Å². The highest BCUT2D eigenvalue weighted by atomic mass is 19.4. The number of hydrogen-bond acceptors (Lipinski definition) is 5. The first-order valence-electron chi connectivity index (χ1n) is 32.5. The summed E-state index contributed by atoms with van der Waals surface area (Å²) in [7, 11) is 0. The van der Waals surface area contributed by atoms with Crippen LogP contribution in [0.25, 0.3) is 67.4 Å². The Morgan fingerprint density at radius 3 is 1.06 bits per heavy atom. The van der Waals surface area contributed by atoms with Crippen LogP contribution < -0.4 is 0 Å². The molecule has 0 amide bonds. The first-order chi connectivity index (χ1) is 50.6. The van der Waals surface area contributed by atoms with E-state index >= 15 is 0 Å². The van der Waals surface area contributed by atoms with Crippen LogP contribution in [0.1, 0.15) is 97.2 Å². The lowest BCUT2D eigenvalue weighted by Gasteiger charge is -2.20. The van der Waals surface area contributed by atoms with Gasteiger partial charge in [0.15, 0.2) is 0 Å². The van der Waals surface area contributed by atoms with Gasteiger partial charge in [0.25, 0.3) is 0 Å². The zero-order valence-corrected chi connectivity index (χ0v) is 58.9. The smallest absolute Gasteiger partial charge is 0.256 e. The summed E-state index contributed by atoms with van der Waals surface area (Å²) in [6.45, 7) is 15.8. The molecule has 0 aliphatic heterocycles. The number of pyridine rings is 5. The summed E-state index contributed by atoms with van der Waals surface area (Å²) in [5.74, 6) is -1.40. The van der Waals surface area contributed by atoms with Crippen molar-refractivity contribution in [2.24, 2.45) is 0 Å². The summed E-state index contributed by atoms with van der Waals surface area (Å²) >= 11 is 0. The zero-order chi connectivity index (χ0) is 80.7. The molecule has 5 aromatic heterocycles. The molecule has 0 N–H and O–H groups in total. The normalized spacial score (nSPS) is 11.9. The van der Waals surface area contributed by atoms with E-state index in [-0.39, 0.29) is 51.3 Å². The highest BCUT2D eigenvalue weighted by Gasteiger charge is 2.39. The van der Waals surface area contributed by atoms with Crippen molar-refractivity contribution in [2.75, 3.05) is 0 Å². The fraction of sp³-hybridized carbons (Fsp3) is 0.193. The van der Waals surface area contributed by atoms with Crippen LogP contribution in [-0.4, -0.2) is 24.9 Å². The first kappa shape index (κ1) is 85.1. The fourth-order valence-electron chi connectivity index (χ4n) is 9.86. The van der Waals surface area contributed by atoms with Crippen molar-refractivity contribution >= 4 is 0 Å². The van der Waals surface area contributed by atoms with Gasteiger partial charge in [0.1, 0.15) is 17.5 Å². The third kappa shape index (κ3) is 25.8. The second-order valence-electron chi connectivity index (χ2n) is 26.3. The Morgan fingerprint density at radius 2 is 0.633 bits per heavy atom. The molecule has 5 heterocycles. The van der Waals surface area contributed by atoms with Crippen molar-refractivity contribution in [3.63, 3.8) is 0 Å². The summed E-state index contributed by atoms with van der Waals surface area (Å²) in [6.07, 6.45) is -20.4. The van der Waals surface area contributed by atoms with Gasteiger partial charge in [-0.2, -0.15) is 79.0 Å². The van der Waals surface area contributed by atoms with Crippen molar-refractivity contribution < 1.29 is 92.2 Å². The SMILES string of the molecule is CC(C)(C)c1ccnc(-c2cc(C(F)(F)F)cc(C(F)(F)F)c2)c1.CC(C)(C)c1ccnc(-c2ccc(F)cc2)c1.Cc1ccc(-c2cc(C(F)(F)F)cc(C(F)(F)F)c2)nc1.Cc1cccc(-c2ccc(C(F)(F)F)cc2)c1.FC(F)(F)c1cccc(-c2ccccn2)c1.Fc1ccc(-c2ccccn2)c(F)c1. The lowest BCUT2D eigenvalue weighted by atomic mass is 9.87. The fourth-order valence-corrected chi connectivity index (χ4v) is 9.86. The monoisotopic (exact) mass is 1530 g/mol. The molecule has 0 aliphatic rings. The maximum Gasteiger partial charge on any atom is 0.416 e. The summed E-state index contributed by atoms with van der Waals surface area (Å²) in [4.78, 5) is 20.1. The molecule has 5 nitrogen and oxygen atoms in total. The van der Waals surface area contributed by atoms with Crippen LogP contribution in [-0.2, 0) is 47.9 Å². The van der Waals surface area contributed by atoms with Crippen LogP contribution in [0.5, 0.6) is 0 Å². The maximum absolute atomic E-state index is 13.3. The lowest BCUT2D eigenvalue weighted by molar-refractivity contribution is -0.144. The number of alkyl halides is 18. The van der Waals surface area contributed by atoms with E-state index < -0.39 is 82.1 Å². The van der Waals surface area contributed by atoms with Crippen LogP contribution in [0.4, 0.5) is 92.2 Å². The Bertz CT molecular complexity index is 4860. The second kappa shape index (κ2) is 35.2. The van der Waals surface area contributed by atoms with E-state index in [1.165, 1.54) is 72.6 Å². The average Bonchev–Trinajstić information content (AvgIpc) is 0.797. The largest absolute Gasteiger partial charge is 0.416 e. The Kier molecular flexibility index (Phi) is 27.5. The van der Waals surface area contributed by atoms with Gasteiger partial charge in [-0.3, -0.25) is 24.9 Å². The van der Waals surface area contributed by atoms with Crippen LogP contribution in [0.15, 0.2) is 255 Å². The molecule has 0 fully saturated rings. The Labute approximate surface area is 614 Å². The highest BCUT2D eigenvalue weighted by molar-refractivity contribution is 5.67. The average molecular weight is 1530 g/mol. The molecule has 0 atom stereocenters. The second-order valence-corrected chi connectivity index (χ2v) is 26.3. The van der Waals surface area contributed by atoms with Crippen molar-refractivity contribution in [3.05, 3.63) is 329 Å². The molecule has 0 spiro atoms. The molecule has 0 unspecified atom stereocenters. The first-order valence-corrected chi connectivity index (χ1v) is 32.5. The van der Waals surface area contributed by atoms with E-state index in [9.17, 15) is 92.2 Å². The van der Waals surface area contributed by atoms with Crippen LogP contribution in [0.3, 0.4) is 0 Å². The van der Waals surface area contributed by atoms with Gasteiger partial charge in [-0.05, 0) is 204 Å². The van der Waals surface area contributed by atoms with Gasteiger partial charge < -0.3 is 0 Å². The number of halogens is 21. The predicted molar refractivity (Wildman–Crippen MR) is 377 cm³/mol. The van der Waals surface area contributed by atoms with Crippen molar-refractivity contribution in [2.45, 2.75) is 103 Å². The molecule has 0 radical (unpaired) electrons. The van der Waals surface area contributed by atoms with Gasteiger partial charge >= 0.3 is 37.1 Å². The van der Waals surface area contributed by atoms with E-state index in [0.29, 0.717) is 46.8 Å². The quantitative estimate of drug-likeness (QED) is 0.155. The summed E-state index contributed by atoms with van der Waals surface area (Å²) in [5.41, 5.74) is 1.98. The molecule has 12 aromatic rings. The van der Waals surface area contributed by atoms with Crippen LogP contribution >= 0.6 is 0 Å². The minimum absolute atomic E-state index is 0.0530. The third-order valence-electron chi connectivity index (χ3n) is 15.7. The number of aryl methyl sites for hydroxylation is 2. The van der Waals surface area contributed by atoms with Gasteiger partial charge in [-0.1, -0.05) is 114 Å². The lowest BCUT2D eigenvalue weighted by Crippen LogP contribution is -2.12. The van der Waals surface area contributed by atoms with Gasteiger partial charge in [-0.25, -0.2) is 13.2 Å². The molecule has 7 aromatic carbocycles. The van der Waals surface area contributed by atoms with E-state index in [2.05, 4.69) is 51.8 Å². The van der Waals surface area contributed by atoms with E-state index in [1.807, 2.05) is 58.0 Å². The minimum Gasteiger partial charge on any atom is -0.256 e. The summed E-state index contributed by atoms with van der Waals surface area (Å²) in [5, 5.41) is 0. The standard InChI is InChI=1S/C17H15F6N.C15H16FN.C14H9F6N.C14H11F3.C12H8F3N.C11H7F2N/c1-15(2,3)11-4-5-24-14(9-11)10-6-12(16(18,19)20)8-13(7-10)17(21,22)23;1-15(2,3)12-8-9-17-14(10-12)11-4-6-13(16)7-5-11;1-8-2-3-12(21-7-8)9-4-10(13(15,16)17)6-11(5-9)14(18,19)20;1-10-3-2-4-12(9-10)11-5-7-13(8-6-11)14(15,16)17;13-12(14,15)10-5-3-4-9(8-10)11-6-1-2-7-16-11;12-8-4-5-9(10(13)7-8)11-3-1-2-6-14-11/h4-9H,1-3H3;4-10H,1-3H3;2-7H,1H3;2-9H,1H3;1-8H;1-7H. The molecule has 109 heavy (non-hydrogen) atoms. The Morgan fingerprint density at radius 1 is 0.229 bits per heavy atom. The summed E-state index contributed by atoms with van der Waals surface area (Å²) < 4.78 is 267. The zero-order valence-electron chi connectivity index (χ0n) is 58.9. The van der Waals surface area contributed by atoms with Crippen molar-refractivity contribution in [1.82, 2.24) is 24.9 Å². The summed E-state index contributed by atoms with van der Waals surface area (Å²) in [6, 6.07) is 51.3. The maximum atomic E-state index is 13.3. The van der Waals surface area contributed by atoms with Gasteiger partial charge in [0.05, 0.1) is 61.9 Å².